The Bertz CT molecular complexity index is 1030. The van der Waals surface area contributed by atoms with Gasteiger partial charge in [-0.15, -0.1) is 0 Å². The van der Waals surface area contributed by atoms with Crippen LogP contribution >= 0.6 is 11.6 Å². The Balaban J connectivity index is 1.45. The highest BCUT2D eigenvalue weighted by molar-refractivity contribution is 6.35. The molecule has 1 aromatic heterocycles. The minimum Gasteiger partial charge on any atom is -0.493 e. The van der Waals surface area contributed by atoms with Crippen LogP contribution < -0.4 is 9.47 Å². The largest absolute Gasteiger partial charge is 0.493 e. The number of methoxy groups -OCH3 is 2. The SMILES string of the molecule is COc1cc2c(cc1OC)CN(C(=O)CCn1ccc3c(Cl)cccc31)CC2. The predicted molar refractivity (Wildman–Crippen MR) is 110 cm³/mol. The van der Waals surface area contributed by atoms with Crippen molar-refractivity contribution < 1.29 is 14.3 Å². The van der Waals surface area contributed by atoms with E-state index in [9.17, 15) is 4.79 Å². The van der Waals surface area contributed by atoms with E-state index in [1.54, 1.807) is 14.2 Å². The number of aromatic nitrogens is 1. The maximum atomic E-state index is 12.8. The van der Waals surface area contributed by atoms with Gasteiger partial charge in [0.05, 0.1) is 14.2 Å². The van der Waals surface area contributed by atoms with Crippen molar-refractivity contribution in [3.05, 3.63) is 58.7 Å². The molecule has 6 heteroatoms. The van der Waals surface area contributed by atoms with E-state index in [2.05, 4.69) is 4.57 Å². The third-order valence-electron chi connectivity index (χ3n) is 5.40. The van der Waals surface area contributed by atoms with Crippen LogP contribution in [-0.2, 0) is 24.3 Å². The van der Waals surface area contributed by atoms with Gasteiger partial charge >= 0.3 is 0 Å². The molecule has 0 atom stereocenters. The fourth-order valence-electron chi connectivity index (χ4n) is 3.85. The summed E-state index contributed by atoms with van der Waals surface area (Å²) in [6.07, 6.45) is 3.27. The summed E-state index contributed by atoms with van der Waals surface area (Å²) in [5.74, 6) is 1.59. The zero-order chi connectivity index (χ0) is 19.7. The van der Waals surface area contributed by atoms with Gasteiger partial charge in [-0.2, -0.15) is 0 Å². The van der Waals surface area contributed by atoms with Crippen LogP contribution in [-0.4, -0.2) is 36.1 Å². The Labute approximate surface area is 169 Å². The van der Waals surface area contributed by atoms with Gasteiger partial charge in [0.1, 0.15) is 0 Å². The molecule has 2 aromatic carbocycles. The molecular weight excluding hydrogens is 376 g/mol. The molecule has 1 amide bonds. The number of halogens is 1. The van der Waals surface area contributed by atoms with Gasteiger partial charge in [-0.05, 0) is 47.9 Å². The van der Waals surface area contributed by atoms with E-state index < -0.39 is 0 Å². The van der Waals surface area contributed by atoms with Gasteiger partial charge in [0.25, 0.3) is 0 Å². The summed E-state index contributed by atoms with van der Waals surface area (Å²) in [5.41, 5.74) is 3.39. The Morgan fingerprint density at radius 2 is 1.86 bits per heavy atom. The third-order valence-corrected chi connectivity index (χ3v) is 5.73. The van der Waals surface area contributed by atoms with E-state index in [-0.39, 0.29) is 5.91 Å². The molecule has 1 aliphatic rings. The topological polar surface area (TPSA) is 43.7 Å². The average molecular weight is 399 g/mol. The number of carbonyl (C=O) groups excluding carboxylic acids is 1. The van der Waals surface area contributed by atoms with E-state index in [1.807, 2.05) is 47.5 Å². The Morgan fingerprint density at radius 3 is 2.61 bits per heavy atom. The molecule has 0 bridgehead atoms. The summed E-state index contributed by atoms with van der Waals surface area (Å²) in [7, 11) is 3.27. The summed E-state index contributed by atoms with van der Waals surface area (Å²) < 4.78 is 12.9. The minimum absolute atomic E-state index is 0.157. The zero-order valence-electron chi connectivity index (χ0n) is 16.1. The lowest BCUT2D eigenvalue weighted by Gasteiger charge is -2.30. The number of aryl methyl sites for hydroxylation is 1. The first-order chi connectivity index (χ1) is 13.6. The van der Waals surface area contributed by atoms with E-state index in [4.69, 9.17) is 21.1 Å². The summed E-state index contributed by atoms with van der Waals surface area (Å²) >= 11 is 6.24. The number of hydrogen-bond donors (Lipinski definition) is 0. The smallest absolute Gasteiger partial charge is 0.224 e. The van der Waals surface area contributed by atoms with Gasteiger partial charge in [-0.3, -0.25) is 4.79 Å². The van der Waals surface area contributed by atoms with Crippen LogP contribution in [0.4, 0.5) is 0 Å². The Hall–Kier alpha value is -2.66. The average Bonchev–Trinajstić information content (AvgIpc) is 3.15. The first kappa shape index (κ1) is 18.7. The summed E-state index contributed by atoms with van der Waals surface area (Å²) in [5, 5.41) is 1.75. The lowest BCUT2D eigenvalue weighted by Crippen LogP contribution is -2.36. The van der Waals surface area contributed by atoms with Crippen LogP contribution in [0.3, 0.4) is 0 Å². The van der Waals surface area contributed by atoms with Crippen molar-refractivity contribution in [3.63, 3.8) is 0 Å². The van der Waals surface area contributed by atoms with Gasteiger partial charge in [0.2, 0.25) is 5.91 Å². The fourth-order valence-corrected chi connectivity index (χ4v) is 4.08. The highest BCUT2D eigenvalue weighted by Gasteiger charge is 2.22. The van der Waals surface area contributed by atoms with Crippen molar-refractivity contribution in [1.82, 2.24) is 9.47 Å². The molecule has 28 heavy (non-hydrogen) atoms. The molecule has 2 heterocycles. The first-order valence-electron chi connectivity index (χ1n) is 9.35. The van der Waals surface area contributed by atoms with E-state index in [0.717, 1.165) is 40.2 Å². The minimum atomic E-state index is 0.157. The van der Waals surface area contributed by atoms with Crippen molar-refractivity contribution in [2.24, 2.45) is 0 Å². The summed E-state index contributed by atoms with van der Waals surface area (Å²) in [6.45, 7) is 1.96. The molecule has 0 saturated heterocycles. The number of hydrogen-bond acceptors (Lipinski definition) is 3. The second kappa shape index (κ2) is 7.76. The number of ether oxygens (including phenoxy) is 2. The number of carbonyl (C=O) groups is 1. The predicted octanol–water partition coefficient (Wildman–Crippen LogP) is 4.29. The Morgan fingerprint density at radius 1 is 1.11 bits per heavy atom. The van der Waals surface area contributed by atoms with Crippen molar-refractivity contribution in [3.8, 4) is 11.5 Å². The molecule has 0 unspecified atom stereocenters. The quantitative estimate of drug-likeness (QED) is 0.644. The van der Waals surface area contributed by atoms with Crippen molar-refractivity contribution in [1.29, 1.82) is 0 Å². The molecule has 4 rings (SSSR count). The molecule has 0 aliphatic carbocycles. The molecule has 0 saturated carbocycles. The Kier molecular flexibility index (Phi) is 5.18. The maximum Gasteiger partial charge on any atom is 0.224 e. The highest BCUT2D eigenvalue weighted by atomic mass is 35.5. The lowest BCUT2D eigenvalue weighted by atomic mass is 9.98. The third kappa shape index (κ3) is 3.42. The van der Waals surface area contributed by atoms with Crippen LogP contribution in [0, 0.1) is 0 Å². The molecule has 1 aliphatic heterocycles. The molecule has 0 N–H and O–H groups in total. The van der Waals surface area contributed by atoms with Crippen LogP contribution in [0.25, 0.3) is 10.9 Å². The van der Waals surface area contributed by atoms with Crippen molar-refractivity contribution in [2.45, 2.75) is 25.9 Å². The molecule has 0 fully saturated rings. The monoisotopic (exact) mass is 398 g/mol. The van der Waals surface area contributed by atoms with Gasteiger partial charge in [-0.25, -0.2) is 0 Å². The lowest BCUT2D eigenvalue weighted by molar-refractivity contribution is -0.132. The summed E-state index contributed by atoms with van der Waals surface area (Å²) in [4.78, 5) is 14.7. The van der Waals surface area contributed by atoms with Gasteiger partial charge in [-0.1, -0.05) is 17.7 Å². The maximum absolute atomic E-state index is 12.8. The fraction of sp³-hybridized carbons (Fsp3) is 0.318. The van der Waals surface area contributed by atoms with Crippen molar-refractivity contribution in [2.75, 3.05) is 20.8 Å². The molecular formula is C22H23ClN2O3. The normalized spacial score (nSPS) is 13.5. The van der Waals surface area contributed by atoms with Crippen LogP contribution in [0.2, 0.25) is 5.02 Å². The van der Waals surface area contributed by atoms with Gasteiger partial charge < -0.3 is 18.9 Å². The second-order valence-corrected chi connectivity index (χ2v) is 7.38. The van der Waals surface area contributed by atoms with Crippen molar-refractivity contribution >= 4 is 28.4 Å². The standard InChI is InChI=1S/C22H23ClN2O3/c1-27-20-12-15-6-9-25(14-16(15)13-21(20)28-2)22(26)8-11-24-10-7-17-18(23)4-3-5-19(17)24/h3-5,7,10,12-13H,6,8-9,11,14H2,1-2H3. The van der Waals surface area contributed by atoms with E-state index >= 15 is 0 Å². The first-order valence-corrected chi connectivity index (χ1v) is 9.73. The molecule has 0 radical (unpaired) electrons. The number of fused-ring (bicyclic) bond motifs is 2. The highest BCUT2D eigenvalue weighted by Crippen LogP contribution is 2.33. The van der Waals surface area contributed by atoms with Gasteiger partial charge in [0, 0.05) is 48.2 Å². The number of rotatable bonds is 5. The number of benzene rings is 2. The van der Waals surface area contributed by atoms with Crippen LogP contribution in [0.1, 0.15) is 17.5 Å². The molecule has 5 nitrogen and oxygen atoms in total. The summed E-state index contributed by atoms with van der Waals surface area (Å²) in [6, 6.07) is 11.8. The van der Waals surface area contributed by atoms with Crippen LogP contribution in [0.5, 0.6) is 11.5 Å². The molecule has 0 spiro atoms. The zero-order valence-corrected chi connectivity index (χ0v) is 16.8. The van der Waals surface area contributed by atoms with Crippen LogP contribution in [0.15, 0.2) is 42.6 Å². The number of nitrogens with zero attached hydrogens (tertiary/aromatic N) is 2. The molecule has 3 aromatic rings. The van der Waals surface area contributed by atoms with E-state index in [0.29, 0.717) is 25.3 Å². The van der Waals surface area contributed by atoms with Gasteiger partial charge in [0.15, 0.2) is 11.5 Å². The second-order valence-electron chi connectivity index (χ2n) is 6.97. The number of amides is 1. The van der Waals surface area contributed by atoms with E-state index in [1.165, 1.54) is 5.56 Å². The molecule has 146 valence electrons.